The van der Waals surface area contributed by atoms with Crippen molar-refractivity contribution in [1.82, 2.24) is 31.7 Å². The number of rotatable bonds is 7. The number of hydrazine groups is 3. The number of aliphatic hydroxyl groups is 1. The molecule has 0 spiro atoms. The van der Waals surface area contributed by atoms with Gasteiger partial charge in [-0.3, -0.25) is 14.5 Å². The van der Waals surface area contributed by atoms with Crippen molar-refractivity contribution in [3.05, 3.63) is 11.3 Å². The number of amides is 2. The van der Waals surface area contributed by atoms with Crippen LogP contribution in [0.1, 0.15) is 32.1 Å². The molecule has 0 aromatic carbocycles. The average molecular weight is 473 g/mol. The molecule has 4 unspecified atom stereocenters. The number of carboxylic acids is 1. The van der Waals surface area contributed by atoms with E-state index in [0.717, 1.165) is 32.1 Å². The predicted octanol–water partition coefficient (Wildman–Crippen LogP) is -0.858. The normalized spacial score (nSPS) is 30.7. The summed E-state index contributed by atoms with van der Waals surface area (Å²) < 4.78 is 0. The largest absolute Gasteiger partial charge is 0.477 e. The first kappa shape index (κ1) is 22.8. The number of nitrogens with zero attached hydrogens (tertiary/aromatic N) is 2. The van der Waals surface area contributed by atoms with Crippen LogP contribution in [0.15, 0.2) is 11.3 Å². The van der Waals surface area contributed by atoms with Crippen molar-refractivity contribution in [3.8, 4) is 0 Å². The fourth-order valence-electron chi connectivity index (χ4n) is 4.37. The van der Waals surface area contributed by atoms with Gasteiger partial charge in [-0.1, -0.05) is 19.3 Å². The van der Waals surface area contributed by atoms with Crippen LogP contribution in [0.4, 0.5) is 0 Å². The van der Waals surface area contributed by atoms with Crippen LogP contribution in [0.3, 0.4) is 0 Å². The zero-order valence-electron chi connectivity index (χ0n) is 17.2. The third-order valence-corrected chi connectivity index (χ3v) is 8.71. The smallest absolute Gasteiger partial charge is 0.352 e. The third kappa shape index (κ3) is 4.58. The lowest BCUT2D eigenvalue weighted by atomic mass is 9.85. The first-order chi connectivity index (χ1) is 14.9. The minimum atomic E-state index is -1.15. The molecule has 31 heavy (non-hydrogen) atoms. The molecule has 172 valence electrons. The standard InChI is InChI=1S/C18H28N6O5S2/c1-23-18(20-21-22-23)31-8-10-7-30-16-11(15(27)24(16)12(10)17(28)29)19-14(26)13(25)9-5-3-2-4-6-9/h9,11,13,16,18,20-22,25H,2-8H2,1H3,(H,19,26)(H,28,29). The Kier molecular flexibility index (Phi) is 7.10. The number of fused-ring (bicyclic) bond motifs is 1. The summed E-state index contributed by atoms with van der Waals surface area (Å²) in [6.45, 7) is 0. The first-order valence-corrected chi connectivity index (χ1v) is 12.5. The van der Waals surface area contributed by atoms with Crippen LogP contribution < -0.4 is 21.8 Å². The highest BCUT2D eigenvalue weighted by molar-refractivity contribution is 8.01. The van der Waals surface area contributed by atoms with Crippen molar-refractivity contribution >= 4 is 41.3 Å². The highest BCUT2D eigenvalue weighted by atomic mass is 32.2. The minimum absolute atomic E-state index is 0.00106. The second-order valence-corrected chi connectivity index (χ2v) is 10.3. The van der Waals surface area contributed by atoms with E-state index in [1.807, 2.05) is 12.1 Å². The lowest BCUT2D eigenvalue weighted by molar-refractivity contribution is -0.152. The van der Waals surface area contributed by atoms with Crippen molar-refractivity contribution in [2.45, 2.75) is 55.1 Å². The summed E-state index contributed by atoms with van der Waals surface area (Å²) in [5.41, 5.74) is 9.22. The van der Waals surface area contributed by atoms with Gasteiger partial charge in [0.2, 0.25) is 5.91 Å². The molecule has 0 aromatic heterocycles. The summed E-state index contributed by atoms with van der Waals surface area (Å²) in [5, 5.41) is 24.2. The first-order valence-electron chi connectivity index (χ1n) is 10.4. The number of aliphatic carboxylic acids is 1. The van der Waals surface area contributed by atoms with Crippen LogP contribution in [0.5, 0.6) is 0 Å². The van der Waals surface area contributed by atoms with E-state index in [1.54, 1.807) is 0 Å². The Morgan fingerprint density at radius 2 is 2.06 bits per heavy atom. The summed E-state index contributed by atoms with van der Waals surface area (Å²) >= 11 is 2.93. The zero-order valence-corrected chi connectivity index (χ0v) is 18.8. The Labute approximate surface area is 188 Å². The Morgan fingerprint density at radius 1 is 1.32 bits per heavy atom. The van der Waals surface area contributed by atoms with Gasteiger partial charge in [-0.2, -0.15) is 11.1 Å². The van der Waals surface area contributed by atoms with Crippen molar-refractivity contribution in [3.63, 3.8) is 0 Å². The van der Waals surface area contributed by atoms with E-state index < -0.39 is 35.3 Å². The van der Waals surface area contributed by atoms with Crippen molar-refractivity contribution < 1.29 is 24.6 Å². The van der Waals surface area contributed by atoms with Crippen LogP contribution in [-0.4, -0.2) is 79.5 Å². The highest BCUT2D eigenvalue weighted by Gasteiger charge is 2.54. The number of carboxylic acid groups (broad SMARTS) is 1. The summed E-state index contributed by atoms with van der Waals surface area (Å²) in [7, 11) is 1.84. The average Bonchev–Trinajstić information content (AvgIpc) is 3.19. The molecular formula is C18H28N6O5S2. The molecule has 4 atom stereocenters. The molecule has 1 saturated carbocycles. The minimum Gasteiger partial charge on any atom is -0.477 e. The second kappa shape index (κ2) is 9.65. The van der Waals surface area contributed by atoms with E-state index >= 15 is 0 Å². The van der Waals surface area contributed by atoms with Crippen LogP contribution in [0, 0.1) is 5.92 Å². The summed E-state index contributed by atoms with van der Waals surface area (Å²) in [4.78, 5) is 38.5. The molecule has 3 heterocycles. The maximum absolute atomic E-state index is 12.8. The fraction of sp³-hybridized carbons (Fsp3) is 0.722. The fourth-order valence-corrected chi connectivity index (χ4v) is 6.86. The lowest BCUT2D eigenvalue weighted by Crippen LogP contribution is -2.71. The van der Waals surface area contributed by atoms with Gasteiger partial charge in [0.1, 0.15) is 28.7 Å². The highest BCUT2D eigenvalue weighted by Crippen LogP contribution is 2.41. The van der Waals surface area contributed by atoms with Crippen molar-refractivity contribution in [2.24, 2.45) is 5.92 Å². The summed E-state index contributed by atoms with van der Waals surface area (Å²) in [6.07, 6.45) is 3.59. The number of carbonyl (C=O) groups is 3. The topological polar surface area (TPSA) is 146 Å². The number of thioether (sulfide) groups is 2. The third-order valence-electron chi connectivity index (χ3n) is 6.11. The molecule has 1 aliphatic carbocycles. The summed E-state index contributed by atoms with van der Waals surface area (Å²) in [5.74, 6) is -1.32. The molecule has 0 radical (unpaired) electrons. The van der Waals surface area contributed by atoms with Gasteiger partial charge in [0.25, 0.3) is 5.91 Å². The van der Waals surface area contributed by atoms with Gasteiger partial charge < -0.3 is 15.5 Å². The number of hydrogen-bond donors (Lipinski definition) is 6. The molecule has 2 amide bonds. The summed E-state index contributed by atoms with van der Waals surface area (Å²) in [6, 6.07) is -0.810. The molecule has 0 bridgehead atoms. The number of β-lactam (4-membered cyclic amide) rings is 1. The molecule has 4 rings (SSSR count). The Bertz CT molecular complexity index is 777. The maximum Gasteiger partial charge on any atom is 0.352 e. The molecule has 11 nitrogen and oxygen atoms in total. The van der Waals surface area contributed by atoms with Crippen molar-refractivity contribution in [2.75, 3.05) is 18.6 Å². The van der Waals surface area contributed by atoms with E-state index in [-0.39, 0.29) is 17.1 Å². The van der Waals surface area contributed by atoms with Crippen LogP contribution in [0.2, 0.25) is 0 Å². The number of carbonyl (C=O) groups excluding carboxylic acids is 2. The monoisotopic (exact) mass is 472 g/mol. The molecule has 3 fully saturated rings. The quantitative estimate of drug-likeness (QED) is 0.257. The van der Waals surface area contributed by atoms with Gasteiger partial charge in [-0.25, -0.2) is 15.2 Å². The molecular weight excluding hydrogens is 444 g/mol. The van der Waals surface area contributed by atoms with Crippen LogP contribution in [-0.2, 0) is 14.4 Å². The number of aliphatic hydroxyl groups excluding tert-OH is 1. The molecule has 6 N–H and O–H groups in total. The molecule has 2 saturated heterocycles. The van der Waals surface area contributed by atoms with Crippen LogP contribution in [0.25, 0.3) is 0 Å². The zero-order chi connectivity index (χ0) is 22.1. The van der Waals surface area contributed by atoms with E-state index in [4.69, 9.17) is 0 Å². The van der Waals surface area contributed by atoms with E-state index in [0.29, 0.717) is 17.1 Å². The molecule has 3 aliphatic heterocycles. The van der Waals surface area contributed by atoms with Gasteiger partial charge >= 0.3 is 5.97 Å². The van der Waals surface area contributed by atoms with Crippen LogP contribution >= 0.6 is 23.5 Å². The van der Waals surface area contributed by atoms with Gasteiger partial charge in [0.15, 0.2) is 0 Å². The number of nitrogens with one attached hydrogen (secondary N) is 4. The van der Waals surface area contributed by atoms with Gasteiger partial charge in [0, 0.05) is 18.6 Å². The molecule has 13 heteroatoms. The predicted molar refractivity (Wildman–Crippen MR) is 116 cm³/mol. The van der Waals surface area contributed by atoms with Gasteiger partial charge in [0.05, 0.1) is 0 Å². The second-order valence-electron chi connectivity index (χ2n) is 8.15. The Hall–Kier alpha value is -1.35. The maximum atomic E-state index is 12.8. The van der Waals surface area contributed by atoms with Gasteiger partial charge in [-0.15, -0.1) is 23.5 Å². The molecule has 4 aliphatic rings. The number of hydrogen-bond acceptors (Lipinski definition) is 10. The van der Waals surface area contributed by atoms with E-state index in [2.05, 4.69) is 21.8 Å². The Morgan fingerprint density at radius 3 is 2.71 bits per heavy atom. The van der Waals surface area contributed by atoms with E-state index in [1.165, 1.54) is 28.4 Å². The van der Waals surface area contributed by atoms with Gasteiger partial charge in [-0.05, 0) is 24.3 Å². The Balaban J connectivity index is 1.39. The molecule has 0 aromatic rings. The SMILES string of the molecule is CN1NNNC1SCC1=C(C(=O)O)N2C(=O)C(NC(=O)C(O)C3CCCCC3)C2SC1. The van der Waals surface area contributed by atoms with E-state index in [9.17, 15) is 24.6 Å². The lowest BCUT2D eigenvalue weighted by Gasteiger charge is -2.49. The van der Waals surface area contributed by atoms with Crippen molar-refractivity contribution in [1.29, 1.82) is 0 Å².